The Hall–Kier alpha value is -1.00. The van der Waals surface area contributed by atoms with E-state index < -0.39 is 17.7 Å². The van der Waals surface area contributed by atoms with E-state index in [-0.39, 0.29) is 11.7 Å². The lowest BCUT2D eigenvalue weighted by Gasteiger charge is -2.35. The molecule has 118 valence electrons. The molecule has 1 aliphatic carbocycles. The SMILES string of the molecule is CNC(c1c(F)ccc(C)c1F)C(OC)C1CCCCC1. The first-order chi connectivity index (χ1) is 10.1. The standard InChI is InChI=1S/C17H25F2NO/c1-11-9-10-13(18)14(15(11)19)16(20-2)17(21-3)12-7-5-4-6-8-12/h9-10,12,16-17,20H,4-8H2,1-3H3. The highest BCUT2D eigenvalue weighted by molar-refractivity contribution is 5.30. The number of likely N-dealkylation sites (N-methyl/N-ethyl adjacent to an activating group) is 1. The Morgan fingerprint density at radius 1 is 1.19 bits per heavy atom. The molecule has 0 heterocycles. The second-order valence-corrected chi connectivity index (χ2v) is 5.96. The van der Waals surface area contributed by atoms with Gasteiger partial charge in [0, 0.05) is 12.7 Å². The molecule has 0 spiro atoms. The fourth-order valence-corrected chi connectivity index (χ4v) is 3.50. The molecule has 0 aliphatic heterocycles. The summed E-state index contributed by atoms with van der Waals surface area (Å²) < 4.78 is 34.3. The molecule has 4 heteroatoms. The highest BCUT2D eigenvalue weighted by Gasteiger charge is 2.34. The Morgan fingerprint density at radius 3 is 2.43 bits per heavy atom. The predicted octanol–water partition coefficient (Wildman–Crippen LogP) is 4.13. The molecule has 2 unspecified atom stereocenters. The molecule has 1 aliphatic rings. The Labute approximate surface area is 125 Å². The summed E-state index contributed by atoms with van der Waals surface area (Å²) >= 11 is 0. The molecule has 0 aromatic heterocycles. The van der Waals surface area contributed by atoms with E-state index in [1.807, 2.05) is 0 Å². The second-order valence-electron chi connectivity index (χ2n) is 5.96. The van der Waals surface area contributed by atoms with Gasteiger partial charge in [0.2, 0.25) is 0 Å². The van der Waals surface area contributed by atoms with Gasteiger partial charge in [-0.1, -0.05) is 25.3 Å². The fourth-order valence-electron chi connectivity index (χ4n) is 3.50. The van der Waals surface area contributed by atoms with Crippen LogP contribution >= 0.6 is 0 Å². The second kappa shape index (κ2) is 7.32. The van der Waals surface area contributed by atoms with Crippen molar-refractivity contribution in [2.24, 2.45) is 5.92 Å². The van der Waals surface area contributed by atoms with Crippen LogP contribution in [0.4, 0.5) is 8.78 Å². The van der Waals surface area contributed by atoms with E-state index in [0.717, 1.165) is 12.8 Å². The lowest BCUT2D eigenvalue weighted by atomic mass is 9.80. The summed E-state index contributed by atoms with van der Waals surface area (Å²) in [6, 6.07) is 2.35. The van der Waals surface area contributed by atoms with E-state index in [2.05, 4.69) is 5.32 Å². The highest BCUT2D eigenvalue weighted by Crippen LogP contribution is 2.36. The van der Waals surface area contributed by atoms with Gasteiger partial charge in [0.15, 0.2) is 0 Å². The Morgan fingerprint density at radius 2 is 1.86 bits per heavy atom. The smallest absolute Gasteiger partial charge is 0.133 e. The van der Waals surface area contributed by atoms with E-state index in [1.54, 1.807) is 21.1 Å². The monoisotopic (exact) mass is 297 g/mol. The van der Waals surface area contributed by atoms with Gasteiger partial charge >= 0.3 is 0 Å². The average molecular weight is 297 g/mol. The predicted molar refractivity (Wildman–Crippen MR) is 80.3 cm³/mol. The summed E-state index contributed by atoms with van der Waals surface area (Å²) in [7, 11) is 3.37. The Bertz CT molecular complexity index is 472. The minimum atomic E-state index is -0.504. The molecular weight excluding hydrogens is 272 g/mol. The van der Waals surface area contributed by atoms with Crippen LogP contribution in [0.3, 0.4) is 0 Å². The van der Waals surface area contributed by atoms with Gasteiger partial charge in [0.25, 0.3) is 0 Å². The molecule has 21 heavy (non-hydrogen) atoms. The number of benzene rings is 1. The van der Waals surface area contributed by atoms with Gasteiger partial charge in [-0.2, -0.15) is 0 Å². The van der Waals surface area contributed by atoms with Crippen molar-refractivity contribution in [1.82, 2.24) is 5.32 Å². The molecule has 2 rings (SSSR count). The highest BCUT2D eigenvalue weighted by atomic mass is 19.1. The van der Waals surface area contributed by atoms with Crippen molar-refractivity contribution in [3.63, 3.8) is 0 Å². The van der Waals surface area contributed by atoms with E-state index in [4.69, 9.17) is 4.74 Å². The van der Waals surface area contributed by atoms with E-state index in [1.165, 1.54) is 31.4 Å². The quantitative estimate of drug-likeness (QED) is 0.882. The van der Waals surface area contributed by atoms with E-state index >= 15 is 0 Å². The van der Waals surface area contributed by atoms with E-state index in [0.29, 0.717) is 11.5 Å². The van der Waals surface area contributed by atoms with Gasteiger partial charge < -0.3 is 10.1 Å². The van der Waals surface area contributed by atoms with Crippen LogP contribution < -0.4 is 5.32 Å². The third-order valence-electron chi connectivity index (χ3n) is 4.66. The normalized spacial score (nSPS) is 19.5. The molecule has 1 fully saturated rings. The van der Waals surface area contributed by atoms with Crippen molar-refractivity contribution in [3.05, 3.63) is 34.9 Å². The fraction of sp³-hybridized carbons (Fsp3) is 0.647. The number of aryl methyl sites for hydroxylation is 1. The lowest BCUT2D eigenvalue weighted by molar-refractivity contribution is 0.00765. The molecule has 1 aromatic carbocycles. The van der Waals surface area contributed by atoms with Crippen molar-refractivity contribution in [2.75, 3.05) is 14.2 Å². The van der Waals surface area contributed by atoms with Crippen LogP contribution in [-0.2, 0) is 4.74 Å². The van der Waals surface area contributed by atoms with Crippen LogP contribution in [0.15, 0.2) is 12.1 Å². The van der Waals surface area contributed by atoms with Crippen LogP contribution in [0.5, 0.6) is 0 Å². The molecule has 0 radical (unpaired) electrons. The molecule has 0 saturated heterocycles. The maximum Gasteiger partial charge on any atom is 0.133 e. The van der Waals surface area contributed by atoms with Crippen LogP contribution in [0.2, 0.25) is 0 Å². The molecule has 1 aromatic rings. The summed E-state index contributed by atoms with van der Waals surface area (Å²) in [5, 5.41) is 3.07. The van der Waals surface area contributed by atoms with Gasteiger partial charge in [-0.05, 0) is 44.4 Å². The van der Waals surface area contributed by atoms with Crippen molar-refractivity contribution in [2.45, 2.75) is 51.2 Å². The zero-order chi connectivity index (χ0) is 15.4. The summed E-state index contributed by atoms with van der Waals surface area (Å²) in [5.74, 6) is -0.622. The largest absolute Gasteiger partial charge is 0.379 e. The number of hydrogen-bond donors (Lipinski definition) is 1. The van der Waals surface area contributed by atoms with E-state index in [9.17, 15) is 8.78 Å². The number of nitrogens with one attached hydrogen (secondary N) is 1. The Kier molecular flexibility index (Phi) is 5.71. The number of methoxy groups -OCH3 is 1. The zero-order valence-corrected chi connectivity index (χ0v) is 13.1. The van der Waals surface area contributed by atoms with Gasteiger partial charge in [-0.15, -0.1) is 0 Å². The first kappa shape index (κ1) is 16.4. The van der Waals surface area contributed by atoms with Gasteiger partial charge in [0.1, 0.15) is 11.6 Å². The minimum Gasteiger partial charge on any atom is -0.379 e. The number of ether oxygens (including phenoxy) is 1. The van der Waals surface area contributed by atoms with Crippen LogP contribution in [0.25, 0.3) is 0 Å². The maximum atomic E-state index is 14.4. The first-order valence-corrected chi connectivity index (χ1v) is 7.74. The van der Waals surface area contributed by atoms with Crippen LogP contribution in [0.1, 0.15) is 49.3 Å². The number of rotatable bonds is 5. The summed E-state index contributed by atoms with van der Waals surface area (Å²) in [6.45, 7) is 1.66. The molecule has 1 saturated carbocycles. The van der Waals surface area contributed by atoms with Crippen LogP contribution in [-0.4, -0.2) is 20.3 Å². The maximum absolute atomic E-state index is 14.4. The topological polar surface area (TPSA) is 21.3 Å². The summed E-state index contributed by atoms with van der Waals surface area (Å²) in [6.07, 6.45) is 5.49. The number of halogens is 2. The average Bonchev–Trinajstić information content (AvgIpc) is 2.51. The summed E-state index contributed by atoms with van der Waals surface area (Å²) in [5.41, 5.74) is 0.570. The van der Waals surface area contributed by atoms with Crippen molar-refractivity contribution >= 4 is 0 Å². The van der Waals surface area contributed by atoms with Crippen molar-refractivity contribution < 1.29 is 13.5 Å². The van der Waals surface area contributed by atoms with Crippen molar-refractivity contribution in [1.29, 1.82) is 0 Å². The lowest BCUT2D eigenvalue weighted by Crippen LogP contribution is -2.38. The Balaban J connectivity index is 2.35. The molecule has 2 nitrogen and oxygen atoms in total. The molecule has 2 atom stereocenters. The third-order valence-corrected chi connectivity index (χ3v) is 4.66. The molecule has 0 bridgehead atoms. The molecule has 1 N–H and O–H groups in total. The molecular formula is C17H25F2NO. The minimum absolute atomic E-state index is 0.106. The third kappa shape index (κ3) is 3.43. The van der Waals surface area contributed by atoms with Crippen molar-refractivity contribution in [3.8, 4) is 0 Å². The summed E-state index contributed by atoms with van der Waals surface area (Å²) in [4.78, 5) is 0. The molecule has 0 amide bonds. The van der Waals surface area contributed by atoms with Crippen LogP contribution in [0, 0.1) is 24.5 Å². The zero-order valence-electron chi connectivity index (χ0n) is 13.1. The van der Waals surface area contributed by atoms with Gasteiger partial charge in [-0.25, -0.2) is 8.78 Å². The number of hydrogen-bond acceptors (Lipinski definition) is 2. The first-order valence-electron chi connectivity index (χ1n) is 7.74. The van der Waals surface area contributed by atoms with Gasteiger partial charge in [-0.3, -0.25) is 0 Å². The van der Waals surface area contributed by atoms with Gasteiger partial charge in [0.05, 0.1) is 12.1 Å².